The van der Waals surface area contributed by atoms with Gasteiger partial charge in [-0.15, -0.1) is 0 Å². The van der Waals surface area contributed by atoms with E-state index < -0.39 is 10.1 Å². The molecular formula is C13H20O3S. The molecule has 0 fully saturated rings. The van der Waals surface area contributed by atoms with E-state index in [0.29, 0.717) is 5.56 Å². The van der Waals surface area contributed by atoms with Crippen LogP contribution in [-0.4, -0.2) is 13.0 Å². The van der Waals surface area contributed by atoms with Crippen LogP contribution in [0.25, 0.3) is 0 Å². The van der Waals surface area contributed by atoms with Crippen LogP contribution in [0.4, 0.5) is 0 Å². The Morgan fingerprint density at radius 1 is 1.06 bits per heavy atom. The second-order valence-corrected chi connectivity index (χ2v) is 6.36. The van der Waals surface area contributed by atoms with Crippen molar-refractivity contribution in [3.8, 4) is 0 Å². The lowest BCUT2D eigenvalue weighted by Crippen LogP contribution is -2.11. The Balaban J connectivity index is 3.75. The summed E-state index contributed by atoms with van der Waals surface area (Å²) < 4.78 is 32.6. The van der Waals surface area contributed by atoms with Crippen LogP contribution in [0.15, 0.2) is 17.0 Å². The van der Waals surface area contributed by atoms with Gasteiger partial charge in [0.1, 0.15) is 4.90 Å². The average molecular weight is 256 g/mol. The summed E-state index contributed by atoms with van der Waals surface area (Å²) in [6, 6.07) is 3.70. The molecule has 0 aliphatic heterocycles. The summed E-state index contributed by atoms with van der Waals surface area (Å²) >= 11 is 0. The van der Waals surface area contributed by atoms with Gasteiger partial charge in [-0.05, 0) is 35.4 Å². The fourth-order valence-corrected chi connectivity index (χ4v) is 3.45. The minimum absolute atomic E-state index is 0.0602. The molecule has 1 N–H and O–H groups in total. The minimum atomic E-state index is -4.18. The predicted molar refractivity (Wildman–Crippen MR) is 69.2 cm³/mol. The third-order valence-corrected chi connectivity index (χ3v) is 3.87. The molecule has 96 valence electrons. The Morgan fingerprint density at radius 2 is 1.59 bits per heavy atom. The number of hydrogen-bond donors (Lipinski definition) is 1. The van der Waals surface area contributed by atoms with Crippen LogP contribution in [0.2, 0.25) is 0 Å². The van der Waals surface area contributed by atoms with Gasteiger partial charge in [0, 0.05) is 0 Å². The zero-order valence-corrected chi connectivity index (χ0v) is 11.8. The van der Waals surface area contributed by atoms with Crippen LogP contribution >= 0.6 is 0 Å². The van der Waals surface area contributed by atoms with Crippen LogP contribution in [0.1, 0.15) is 56.2 Å². The van der Waals surface area contributed by atoms with Gasteiger partial charge >= 0.3 is 0 Å². The van der Waals surface area contributed by atoms with Crippen molar-refractivity contribution in [2.45, 2.75) is 51.3 Å². The second-order valence-electron chi connectivity index (χ2n) is 5.00. The summed E-state index contributed by atoms with van der Waals surface area (Å²) in [7, 11) is -4.18. The molecule has 0 aliphatic carbocycles. The smallest absolute Gasteiger partial charge is 0.282 e. The zero-order valence-electron chi connectivity index (χ0n) is 11.0. The highest BCUT2D eigenvalue weighted by atomic mass is 32.2. The van der Waals surface area contributed by atoms with Crippen LogP contribution in [-0.2, 0) is 10.1 Å². The van der Waals surface area contributed by atoms with E-state index in [1.807, 2.05) is 40.7 Å². The highest BCUT2D eigenvalue weighted by molar-refractivity contribution is 7.86. The van der Waals surface area contributed by atoms with Crippen LogP contribution < -0.4 is 0 Å². The van der Waals surface area contributed by atoms with Crippen molar-refractivity contribution in [2.75, 3.05) is 0 Å². The maximum Gasteiger partial charge on any atom is 0.295 e. The number of hydrogen-bond acceptors (Lipinski definition) is 2. The van der Waals surface area contributed by atoms with Gasteiger partial charge in [-0.25, -0.2) is 0 Å². The molecule has 1 aromatic carbocycles. The molecule has 0 aliphatic rings. The SMILES string of the molecule is Cc1ccc(C(C)C)c(S(=O)(=O)O)c1C(C)C. The van der Waals surface area contributed by atoms with E-state index >= 15 is 0 Å². The monoisotopic (exact) mass is 256 g/mol. The Bertz CT molecular complexity index is 514. The van der Waals surface area contributed by atoms with Crippen molar-refractivity contribution in [1.29, 1.82) is 0 Å². The third-order valence-electron chi connectivity index (χ3n) is 2.90. The van der Waals surface area contributed by atoms with Crippen molar-refractivity contribution >= 4 is 10.1 Å². The molecule has 0 radical (unpaired) electrons. The second kappa shape index (κ2) is 4.78. The Hall–Kier alpha value is -0.870. The molecule has 1 rings (SSSR count). The van der Waals surface area contributed by atoms with Crippen molar-refractivity contribution in [2.24, 2.45) is 0 Å². The first-order valence-electron chi connectivity index (χ1n) is 5.77. The minimum Gasteiger partial charge on any atom is -0.282 e. The lowest BCUT2D eigenvalue weighted by atomic mass is 9.92. The summed E-state index contributed by atoms with van der Waals surface area (Å²) in [5.41, 5.74) is 2.30. The summed E-state index contributed by atoms with van der Waals surface area (Å²) in [5, 5.41) is 0. The molecule has 0 amide bonds. The first-order valence-corrected chi connectivity index (χ1v) is 7.21. The molecular weight excluding hydrogens is 236 g/mol. The maximum absolute atomic E-state index is 11.6. The molecule has 4 heteroatoms. The van der Waals surface area contributed by atoms with Crippen molar-refractivity contribution < 1.29 is 13.0 Å². The molecule has 3 nitrogen and oxygen atoms in total. The third kappa shape index (κ3) is 2.87. The van der Waals surface area contributed by atoms with Gasteiger partial charge in [0.15, 0.2) is 0 Å². The highest BCUT2D eigenvalue weighted by Crippen LogP contribution is 2.33. The Labute approximate surface area is 104 Å². The normalized spacial score (nSPS) is 12.5. The summed E-state index contributed by atoms with van der Waals surface area (Å²) in [6.45, 7) is 9.57. The topological polar surface area (TPSA) is 54.4 Å². The first kappa shape index (κ1) is 14.2. The van der Waals surface area contributed by atoms with Gasteiger partial charge < -0.3 is 0 Å². The number of aryl methyl sites for hydroxylation is 1. The molecule has 17 heavy (non-hydrogen) atoms. The first-order chi connectivity index (χ1) is 7.66. The van der Waals surface area contributed by atoms with E-state index in [2.05, 4.69) is 0 Å². The van der Waals surface area contributed by atoms with Gasteiger partial charge in [0.05, 0.1) is 0 Å². The van der Waals surface area contributed by atoms with E-state index in [9.17, 15) is 13.0 Å². The standard InChI is InChI=1S/C13H20O3S/c1-8(2)11-7-6-10(5)12(9(3)4)13(11)17(14,15)16/h6-9H,1-5H3,(H,14,15,16). The molecule has 0 saturated carbocycles. The average Bonchev–Trinajstić information content (AvgIpc) is 2.14. The number of benzene rings is 1. The maximum atomic E-state index is 11.6. The predicted octanol–water partition coefficient (Wildman–Crippen LogP) is 3.49. The molecule has 1 aromatic rings. The molecule has 0 unspecified atom stereocenters. The zero-order chi connectivity index (χ0) is 13.4. The van der Waals surface area contributed by atoms with Crippen molar-refractivity contribution in [1.82, 2.24) is 0 Å². The van der Waals surface area contributed by atoms with Crippen LogP contribution in [0, 0.1) is 6.92 Å². The van der Waals surface area contributed by atoms with Gasteiger partial charge in [-0.3, -0.25) is 4.55 Å². The van der Waals surface area contributed by atoms with Gasteiger partial charge in [-0.2, -0.15) is 8.42 Å². The van der Waals surface area contributed by atoms with Gasteiger partial charge in [-0.1, -0.05) is 39.8 Å². The fourth-order valence-electron chi connectivity index (χ4n) is 2.17. The van der Waals surface area contributed by atoms with E-state index in [1.165, 1.54) is 0 Å². The van der Waals surface area contributed by atoms with Gasteiger partial charge in [0.25, 0.3) is 10.1 Å². The fraction of sp³-hybridized carbons (Fsp3) is 0.538. The van der Waals surface area contributed by atoms with E-state index in [4.69, 9.17) is 0 Å². The van der Waals surface area contributed by atoms with E-state index in [0.717, 1.165) is 11.1 Å². The molecule has 0 heterocycles. The van der Waals surface area contributed by atoms with Crippen molar-refractivity contribution in [3.63, 3.8) is 0 Å². The summed E-state index contributed by atoms with van der Waals surface area (Å²) in [6.07, 6.45) is 0. The largest absolute Gasteiger partial charge is 0.295 e. The molecule has 0 bridgehead atoms. The number of rotatable bonds is 3. The van der Waals surface area contributed by atoms with E-state index in [-0.39, 0.29) is 16.7 Å². The molecule has 0 atom stereocenters. The van der Waals surface area contributed by atoms with Gasteiger partial charge in [0.2, 0.25) is 0 Å². The highest BCUT2D eigenvalue weighted by Gasteiger charge is 2.24. The lowest BCUT2D eigenvalue weighted by molar-refractivity contribution is 0.479. The molecule has 0 spiro atoms. The summed E-state index contributed by atoms with van der Waals surface area (Å²) in [5.74, 6) is 0.121. The lowest BCUT2D eigenvalue weighted by Gasteiger charge is -2.19. The van der Waals surface area contributed by atoms with Crippen molar-refractivity contribution in [3.05, 3.63) is 28.8 Å². The van der Waals surface area contributed by atoms with Crippen LogP contribution in [0.3, 0.4) is 0 Å². The summed E-state index contributed by atoms with van der Waals surface area (Å²) in [4.78, 5) is 0.0995. The molecule has 0 saturated heterocycles. The Kier molecular flexibility index (Phi) is 3.99. The van der Waals surface area contributed by atoms with Crippen LogP contribution in [0.5, 0.6) is 0 Å². The molecule has 0 aromatic heterocycles. The quantitative estimate of drug-likeness (QED) is 0.842. The van der Waals surface area contributed by atoms with E-state index in [1.54, 1.807) is 6.07 Å². The Morgan fingerprint density at radius 3 is 1.94 bits per heavy atom.